The van der Waals surface area contributed by atoms with E-state index in [1.165, 1.54) is 0 Å². The average Bonchev–Trinajstić information content (AvgIpc) is 2.58. The van der Waals surface area contributed by atoms with Crippen molar-refractivity contribution in [3.05, 3.63) is 11.7 Å². The molecule has 0 bridgehead atoms. The predicted molar refractivity (Wildman–Crippen MR) is 62.7 cm³/mol. The first kappa shape index (κ1) is 12.5. The second-order valence-electron chi connectivity index (χ2n) is 4.35. The largest absolute Gasteiger partial charge is 0.338 e. The molecule has 1 aromatic rings. The van der Waals surface area contributed by atoms with Crippen molar-refractivity contribution in [2.45, 2.75) is 45.5 Å². The molecule has 0 amide bonds. The van der Waals surface area contributed by atoms with E-state index in [0.717, 1.165) is 17.3 Å². The molecule has 5 heteroatoms. The molecule has 0 aliphatic rings. The zero-order chi connectivity index (χ0) is 11.3. The molecule has 1 aromatic heterocycles. The highest BCUT2D eigenvalue weighted by Crippen LogP contribution is 2.09. The van der Waals surface area contributed by atoms with E-state index in [1.807, 2.05) is 0 Å². The van der Waals surface area contributed by atoms with Crippen LogP contribution in [0.5, 0.6) is 0 Å². The number of aromatic nitrogens is 2. The van der Waals surface area contributed by atoms with Gasteiger partial charge < -0.3 is 9.84 Å². The predicted octanol–water partition coefficient (Wildman–Crippen LogP) is 2.21. The lowest BCUT2D eigenvalue weighted by molar-refractivity contribution is 0.334. The molecule has 1 heterocycles. The quantitative estimate of drug-likeness (QED) is 0.839. The molecular formula is C10H19N3OS. The molecule has 15 heavy (non-hydrogen) atoms. The highest BCUT2D eigenvalue weighted by molar-refractivity contribution is 7.98. The molecule has 0 fully saturated rings. The van der Waals surface area contributed by atoms with Crippen LogP contribution in [0.3, 0.4) is 0 Å². The first-order valence-electron chi connectivity index (χ1n) is 5.15. The fourth-order valence-corrected chi connectivity index (χ4v) is 1.46. The minimum absolute atomic E-state index is 0.0762. The van der Waals surface area contributed by atoms with Gasteiger partial charge in [0.15, 0.2) is 5.82 Å². The molecule has 0 saturated heterocycles. The summed E-state index contributed by atoms with van der Waals surface area (Å²) < 4.78 is 5.12. The third-order valence-corrected chi connectivity index (χ3v) is 2.59. The summed E-state index contributed by atoms with van der Waals surface area (Å²) in [6.07, 6.45) is 0. The second-order valence-corrected chi connectivity index (χ2v) is 5.62. The van der Waals surface area contributed by atoms with Crippen LogP contribution in [0.1, 0.15) is 39.4 Å². The molecule has 0 aliphatic carbocycles. The zero-order valence-electron chi connectivity index (χ0n) is 9.83. The number of thioether (sulfide) groups is 1. The smallest absolute Gasteiger partial charge is 0.240 e. The minimum atomic E-state index is 0.0762. The minimum Gasteiger partial charge on any atom is -0.338 e. The standard InChI is InChI=1S/C10H19N3OS/c1-5-15-7-8-12-9(14-13-8)6-11-10(2,3)4/h11H,5-7H2,1-4H3. The van der Waals surface area contributed by atoms with E-state index in [2.05, 4.69) is 43.2 Å². The van der Waals surface area contributed by atoms with Crippen LogP contribution in [0.2, 0.25) is 0 Å². The number of nitrogens with zero attached hydrogens (tertiary/aromatic N) is 2. The van der Waals surface area contributed by atoms with Gasteiger partial charge in [-0.25, -0.2) is 0 Å². The van der Waals surface area contributed by atoms with Crippen LogP contribution in [0.25, 0.3) is 0 Å². The summed E-state index contributed by atoms with van der Waals surface area (Å²) in [6, 6.07) is 0. The Morgan fingerprint density at radius 2 is 2.13 bits per heavy atom. The SMILES string of the molecule is CCSCc1noc(CNC(C)(C)C)n1. The van der Waals surface area contributed by atoms with Gasteiger partial charge in [0, 0.05) is 5.54 Å². The molecule has 0 atom stereocenters. The van der Waals surface area contributed by atoms with Gasteiger partial charge in [0.1, 0.15) is 0 Å². The number of hydrogen-bond donors (Lipinski definition) is 1. The van der Waals surface area contributed by atoms with Gasteiger partial charge in [-0.05, 0) is 26.5 Å². The van der Waals surface area contributed by atoms with Crippen LogP contribution in [-0.4, -0.2) is 21.4 Å². The molecule has 0 spiro atoms. The molecule has 0 aliphatic heterocycles. The van der Waals surface area contributed by atoms with Gasteiger partial charge in [0.2, 0.25) is 5.89 Å². The van der Waals surface area contributed by atoms with Crippen molar-refractivity contribution in [3.8, 4) is 0 Å². The Kier molecular flexibility index (Phi) is 4.60. The van der Waals surface area contributed by atoms with Crippen LogP contribution in [0.15, 0.2) is 4.52 Å². The molecule has 0 unspecified atom stereocenters. The van der Waals surface area contributed by atoms with E-state index in [4.69, 9.17) is 4.52 Å². The van der Waals surface area contributed by atoms with E-state index in [9.17, 15) is 0 Å². The highest BCUT2D eigenvalue weighted by Gasteiger charge is 2.11. The topological polar surface area (TPSA) is 51.0 Å². The first-order valence-corrected chi connectivity index (χ1v) is 6.31. The molecule has 0 aromatic carbocycles. The maximum Gasteiger partial charge on any atom is 0.240 e. The number of rotatable bonds is 5. The van der Waals surface area contributed by atoms with Gasteiger partial charge in [0.25, 0.3) is 0 Å². The van der Waals surface area contributed by atoms with Crippen molar-refractivity contribution < 1.29 is 4.52 Å². The second kappa shape index (κ2) is 5.51. The average molecular weight is 229 g/mol. The van der Waals surface area contributed by atoms with E-state index >= 15 is 0 Å². The lowest BCUT2D eigenvalue weighted by atomic mass is 10.1. The highest BCUT2D eigenvalue weighted by atomic mass is 32.2. The first-order chi connectivity index (χ1) is 7.01. The normalized spacial score (nSPS) is 12.0. The Bertz CT molecular complexity index is 293. The summed E-state index contributed by atoms with van der Waals surface area (Å²) in [7, 11) is 0. The van der Waals surface area contributed by atoms with E-state index in [0.29, 0.717) is 12.4 Å². The van der Waals surface area contributed by atoms with Crippen molar-refractivity contribution in [3.63, 3.8) is 0 Å². The van der Waals surface area contributed by atoms with Gasteiger partial charge in [-0.3, -0.25) is 0 Å². The van der Waals surface area contributed by atoms with Crippen LogP contribution in [-0.2, 0) is 12.3 Å². The van der Waals surface area contributed by atoms with Crippen LogP contribution in [0, 0.1) is 0 Å². The zero-order valence-corrected chi connectivity index (χ0v) is 10.6. The van der Waals surface area contributed by atoms with E-state index in [1.54, 1.807) is 11.8 Å². The summed E-state index contributed by atoms with van der Waals surface area (Å²) in [6.45, 7) is 9.08. The fraction of sp³-hybridized carbons (Fsp3) is 0.800. The summed E-state index contributed by atoms with van der Waals surface area (Å²) in [5.74, 6) is 3.35. The maximum absolute atomic E-state index is 5.12. The fourth-order valence-electron chi connectivity index (χ4n) is 0.955. The van der Waals surface area contributed by atoms with Gasteiger partial charge in [-0.2, -0.15) is 16.7 Å². The van der Waals surface area contributed by atoms with Crippen molar-refractivity contribution in [1.29, 1.82) is 0 Å². The third kappa shape index (κ3) is 5.18. The monoisotopic (exact) mass is 229 g/mol. The van der Waals surface area contributed by atoms with Gasteiger partial charge in [0.05, 0.1) is 12.3 Å². The van der Waals surface area contributed by atoms with Crippen molar-refractivity contribution in [2.24, 2.45) is 0 Å². The third-order valence-electron chi connectivity index (χ3n) is 1.72. The Morgan fingerprint density at radius 3 is 2.73 bits per heavy atom. The lowest BCUT2D eigenvalue weighted by Gasteiger charge is -2.18. The maximum atomic E-state index is 5.12. The van der Waals surface area contributed by atoms with Gasteiger partial charge >= 0.3 is 0 Å². The molecule has 4 nitrogen and oxygen atoms in total. The summed E-state index contributed by atoms with van der Waals surface area (Å²) in [5.41, 5.74) is 0.0762. The number of hydrogen-bond acceptors (Lipinski definition) is 5. The van der Waals surface area contributed by atoms with Crippen molar-refractivity contribution >= 4 is 11.8 Å². The van der Waals surface area contributed by atoms with Gasteiger partial charge in [-0.15, -0.1) is 0 Å². The van der Waals surface area contributed by atoms with Crippen LogP contribution < -0.4 is 5.32 Å². The van der Waals surface area contributed by atoms with Crippen LogP contribution >= 0.6 is 11.8 Å². The summed E-state index contributed by atoms with van der Waals surface area (Å²) in [5, 5.41) is 7.21. The van der Waals surface area contributed by atoms with E-state index in [-0.39, 0.29) is 5.54 Å². The molecule has 1 rings (SSSR count). The number of nitrogens with one attached hydrogen (secondary N) is 1. The molecule has 0 saturated carbocycles. The van der Waals surface area contributed by atoms with E-state index < -0.39 is 0 Å². The Morgan fingerprint density at radius 1 is 1.40 bits per heavy atom. The summed E-state index contributed by atoms with van der Waals surface area (Å²) >= 11 is 1.79. The van der Waals surface area contributed by atoms with Gasteiger partial charge in [-0.1, -0.05) is 12.1 Å². The Labute approximate surface area is 95.2 Å². The van der Waals surface area contributed by atoms with Crippen LogP contribution in [0.4, 0.5) is 0 Å². The molecule has 1 N–H and O–H groups in total. The molecular weight excluding hydrogens is 210 g/mol. The summed E-state index contributed by atoms with van der Waals surface area (Å²) in [4.78, 5) is 4.29. The molecule has 0 radical (unpaired) electrons. The Hall–Kier alpha value is -0.550. The Balaban J connectivity index is 2.39. The van der Waals surface area contributed by atoms with Crippen molar-refractivity contribution in [1.82, 2.24) is 15.5 Å². The van der Waals surface area contributed by atoms with Crippen molar-refractivity contribution in [2.75, 3.05) is 5.75 Å². The molecule has 86 valence electrons. The lowest BCUT2D eigenvalue weighted by Crippen LogP contribution is -2.35.